The summed E-state index contributed by atoms with van der Waals surface area (Å²) in [7, 11) is 0. The molecular weight excluding hydrogens is 423 g/mol. The molecule has 2 rings (SSSR count). The Labute approximate surface area is 176 Å². The topological polar surface area (TPSA) is 52.6 Å². The summed E-state index contributed by atoms with van der Waals surface area (Å²) in [6.07, 6.45) is 2.01. The van der Waals surface area contributed by atoms with Gasteiger partial charge in [-0.15, -0.1) is 0 Å². The van der Waals surface area contributed by atoms with Crippen molar-refractivity contribution >= 4 is 11.9 Å². The number of rotatable bonds is 9. The van der Waals surface area contributed by atoms with Gasteiger partial charge in [0.05, 0.1) is 23.3 Å². The van der Waals surface area contributed by atoms with Gasteiger partial charge in [0.25, 0.3) is 0 Å². The highest BCUT2D eigenvalue weighted by Gasteiger charge is 2.30. The molecule has 0 bridgehead atoms. The smallest absolute Gasteiger partial charge is 0.338 e. The number of carbonyl (C=O) groups excluding carboxylic acids is 2. The standard InChI is InChI=1S/C22H21F5O4/c1-3-4-5-6-11-30-21(28)13-7-9-14(10-8-13)22(29)31-12(2)15-16(23)18(25)20(27)19(26)17(15)24/h7-10,12H,3-6,11H2,1-2H3. The highest BCUT2D eigenvalue weighted by atomic mass is 19.2. The normalized spacial score (nSPS) is 11.8. The maximum absolute atomic E-state index is 13.9. The minimum atomic E-state index is -2.30. The minimum absolute atomic E-state index is 0.0878. The minimum Gasteiger partial charge on any atom is -0.462 e. The predicted octanol–water partition coefficient (Wildman–Crippen LogP) is 6.04. The van der Waals surface area contributed by atoms with Gasteiger partial charge < -0.3 is 9.47 Å². The molecule has 168 valence electrons. The summed E-state index contributed by atoms with van der Waals surface area (Å²) in [4.78, 5) is 24.2. The lowest BCUT2D eigenvalue weighted by Gasteiger charge is -2.16. The Balaban J connectivity index is 2.04. The Morgan fingerprint density at radius 2 is 1.26 bits per heavy atom. The Bertz CT molecular complexity index is 915. The average Bonchev–Trinajstić information content (AvgIpc) is 2.76. The van der Waals surface area contributed by atoms with Gasteiger partial charge in [0.2, 0.25) is 5.82 Å². The fourth-order valence-corrected chi connectivity index (χ4v) is 2.79. The van der Waals surface area contributed by atoms with Gasteiger partial charge in [0.15, 0.2) is 23.3 Å². The highest BCUT2D eigenvalue weighted by molar-refractivity contribution is 5.93. The monoisotopic (exact) mass is 444 g/mol. The second kappa shape index (κ2) is 10.9. The first kappa shape index (κ1) is 24.3. The zero-order valence-corrected chi connectivity index (χ0v) is 16.9. The lowest BCUT2D eigenvalue weighted by molar-refractivity contribution is 0.0318. The average molecular weight is 444 g/mol. The molecule has 9 heteroatoms. The zero-order chi connectivity index (χ0) is 23.1. The van der Waals surface area contributed by atoms with E-state index in [4.69, 9.17) is 9.47 Å². The van der Waals surface area contributed by atoms with Crippen LogP contribution >= 0.6 is 0 Å². The summed E-state index contributed by atoms with van der Waals surface area (Å²) in [6, 6.07) is 5.05. The number of ether oxygens (including phenoxy) is 2. The molecule has 31 heavy (non-hydrogen) atoms. The van der Waals surface area contributed by atoms with Gasteiger partial charge in [0, 0.05) is 0 Å². The van der Waals surface area contributed by atoms with Crippen molar-refractivity contribution in [1.29, 1.82) is 0 Å². The van der Waals surface area contributed by atoms with E-state index in [1.54, 1.807) is 0 Å². The van der Waals surface area contributed by atoms with E-state index in [0.29, 0.717) is 0 Å². The number of carbonyl (C=O) groups is 2. The number of benzene rings is 2. The van der Waals surface area contributed by atoms with Crippen molar-refractivity contribution in [1.82, 2.24) is 0 Å². The molecule has 1 atom stereocenters. The molecule has 0 spiro atoms. The maximum atomic E-state index is 13.9. The highest BCUT2D eigenvalue weighted by Crippen LogP contribution is 2.30. The number of halogens is 5. The number of hydrogen-bond acceptors (Lipinski definition) is 4. The third-order valence-electron chi connectivity index (χ3n) is 4.52. The van der Waals surface area contributed by atoms with Crippen LogP contribution in [0.15, 0.2) is 24.3 Å². The molecule has 0 saturated carbocycles. The molecule has 0 heterocycles. The van der Waals surface area contributed by atoms with Gasteiger partial charge in [-0.05, 0) is 37.6 Å². The summed E-state index contributed by atoms with van der Waals surface area (Å²) >= 11 is 0. The van der Waals surface area contributed by atoms with E-state index in [0.717, 1.165) is 32.6 Å². The predicted molar refractivity (Wildman–Crippen MR) is 101 cm³/mol. The molecule has 0 aliphatic heterocycles. The molecule has 0 saturated heterocycles. The van der Waals surface area contributed by atoms with Crippen LogP contribution < -0.4 is 0 Å². The maximum Gasteiger partial charge on any atom is 0.338 e. The third-order valence-corrected chi connectivity index (χ3v) is 4.52. The lowest BCUT2D eigenvalue weighted by Crippen LogP contribution is -2.15. The second-order valence-corrected chi connectivity index (χ2v) is 6.81. The van der Waals surface area contributed by atoms with E-state index in [9.17, 15) is 31.5 Å². The molecule has 0 aliphatic rings. The first-order valence-corrected chi connectivity index (χ1v) is 9.68. The molecule has 0 radical (unpaired) electrons. The Kier molecular flexibility index (Phi) is 8.53. The quantitative estimate of drug-likeness (QED) is 0.156. The van der Waals surface area contributed by atoms with Crippen molar-refractivity contribution in [3.63, 3.8) is 0 Å². The van der Waals surface area contributed by atoms with Crippen LogP contribution in [0.25, 0.3) is 0 Å². The first-order valence-electron chi connectivity index (χ1n) is 9.68. The van der Waals surface area contributed by atoms with Gasteiger partial charge >= 0.3 is 11.9 Å². The van der Waals surface area contributed by atoms with Crippen LogP contribution in [0.1, 0.15) is 71.9 Å². The van der Waals surface area contributed by atoms with Crippen molar-refractivity contribution in [2.45, 2.75) is 45.6 Å². The number of esters is 2. The van der Waals surface area contributed by atoms with Crippen molar-refractivity contribution in [3.8, 4) is 0 Å². The number of unbranched alkanes of at least 4 members (excludes halogenated alkanes) is 3. The van der Waals surface area contributed by atoms with Gasteiger partial charge in [0.1, 0.15) is 6.10 Å². The molecule has 0 amide bonds. The lowest BCUT2D eigenvalue weighted by atomic mass is 10.1. The largest absolute Gasteiger partial charge is 0.462 e. The van der Waals surface area contributed by atoms with E-state index in [1.807, 2.05) is 0 Å². The van der Waals surface area contributed by atoms with E-state index in [2.05, 4.69) is 6.92 Å². The van der Waals surface area contributed by atoms with Crippen molar-refractivity contribution in [3.05, 3.63) is 70.0 Å². The summed E-state index contributed by atoms with van der Waals surface area (Å²) in [5.74, 6) is -12.4. The Hall–Kier alpha value is -2.97. The van der Waals surface area contributed by atoms with Crippen LogP contribution in [-0.2, 0) is 9.47 Å². The molecule has 2 aromatic rings. The Morgan fingerprint density at radius 3 is 1.77 bits per heavy atom. The number of hydrogen-bond donors (Lipinski definition) is 0. The zero-order valence-electron chi connectivity index (χ0n) is 16.9. The molecular formula is C22H21F5O4. The van der Waals surface area contributed by atoms with Crippen molar-refractivity contribution in [2.24, 2.45) is 0 Å². The van der Waals surface area contributed by atoms with Crippen LogP contribution in [0.4, 0.5) is 22.0 Å². The first-order chi connectivity index (χ1) is 14.7. The molecule has 0 aromatic heterocycles. The molecule has 2 aromatic carbocycles. The Morgan fingerprint density at radius 1 is 0.774 bits per heavy atom. The molecule has 4 nitrogen and oxygen atoms in total. The molecule has 1 unspecified atom stereocenters. The van der Waals surface area contributed by atoms with Crippen LogP contribution in [0.3, 0.4) is 0 Å². The second-order valence-electron chi connectivity index (χ2n) is 6.81. The fraction of sp³-hybridized carbons (Fsp3) is 0.364. The van der Waals surface area contributed by atoms with Crippen molar-refractivity contribution < 1.29 is 41.0 Å². The van der Waals surface area contributed by atoms with Crippen LogP contribution in [0.5, 0.6) is 0 Å². The third kappa shape index (κ3) is 5.80. The van der Waals surface area contributed by atoms with Gasteiger partial charge in [-0.1, -0.05) is 26.2 Å². The van der Waals surface area contributed by atoms with E-state index >= 15 is 0 Å². The summed E-state index contributed by atoms with van der Waals surface area (Å²) in [5.41, 5.74) is -1.16. The summed E-state index contributed by atoms with van der Waals surface area (Å²) < 4.78 is 77.5. The van der Waals surface area contributed by atoms with Gasteiger partial charge in [-0.2, -0.15) is 0 Å². The molecule has 0 fully saturated rings. The van der Waals surface area contributed by atoms with E-state index in [-0.39, 0.29) is 17.7 Å². The fourth-order valence-electron chi connectivity index (χ4n) is 2.79. The van der Waals surface area contributed by atoms with Gasteiger partial charge in [-0.3, -0.25) is 0 Å². The van der Waals surface area contributed by atoms with Crippen LogP contribution in [0, 0.1) is 29.1 Å². The summed E-state index contributed by atoms with van der Waals surface area (Å²) in [5, 5.41) is 0. The molecule has 0 aliphatic carbocycles. The van der Waals surface area contributed by atoms with E-state index < -0.39 is 52.7 Å². The van der Waals surface area contributed by atoms with Gasteiger partial charge in [-0.25, -0.2) is 31.5 Å². The molecule has 0 N–H and O–H groups in total. The van der Waals surface area contributed by atoms with E-state index in [1.165, 1.54) is 24.3 Å². The van der Waals surface area contributed by atoms with Crippen molar-refractivity contribution in [2.75, 3.05) is 6.61 Å². The van der Waals surface area contributed by atoms with Crippen LogP contribution in [0.2, 0.25) is 0 Å². The van der Waals surface area contributed by atoms with Crippen LogP contribution in [-0.4, -0.2) is 18.5 Å². The SMILES string of the molecule is CCCCCCOC(=O)c1ccc(C(=O)OC(C)c2c(F)c(F)c(F)c(F)c2F)cc1. The summed E-state index contributed by atoms with van der Waals surface area (Å²) in [6.45, 7) is 3.30.